The van der Waals surface area contributed by atoms with Crippen LogP contribution in [0.4, 0.5) is 0 Å². The highest BCUT2D eigenvalue weighted by atomic mass is 16.5. The summed E-state index contributed by atoms with van der Waals surface area (Å²) in [6, 6.07) is 5.95. The topological polar surface area (TPSA) is 75.6 Å². The van der Waals surface area contributed by atoms with Crippen molar-refractivity contribution < 1.29 is 19.4 Å². The minimum atomic E-state index is -1.02. The molecule has 108 valence electrons. The number of hydrogen-bond donors (Lipinski definition) is 2. The van der Waals surface area contributed by atoms with Crippen molar-refractivity contribution in [2.75, 3.05) is 13.7 Å². The van der Waals surface area contributed by atoms with Crippen molar-refractivity contribution in [2.24, 2.45) is 0 Å². The maximum absolute atomic E-state index is 11.7. The second kappa shape index (κ2) is 6.41. The zero-order valence-electron chi connectivity index (χ0n) is 11.5. The monoisotopic (exact) mass is 277 g/mol. The molecule has 5 heteroatoms. The molecule has 0 spiro atoms. The standard InChI is InChI=1S/C15H19NO4/c1-20-12-5-6-13-10(7-12)3-2-4-11(13)8-14(17)16-9-15(18)19/h5-7,11H,2-4,8-9H2,1H3,(H,16,17)(H,18,19)/t11-/m1/s1. The van der Waals surface area contributed by atoms with Gasteiger partial charge in [0, 0.05) is 6.42 Å². The zero-order chi connectivity index (χ0) is 14.5. The number of carbonyl (C=O) groups is 2. The van der Waals surface area contributed by atoms with Crippen LogP contribution in [-0.2, 0) is 16.0 Å². The van der Waals surface area contributed by atoms with E-state index < -0.39 is 5.97 Å². The smallest absolute Gasteiger partial charge is 0.322 e. The van der Waals surface area contributed by atoms with Crippen LogP contribution in [0, 0.1) is 0 Å². The average Bonchev–Trinajstić information content (AvgIpc) is 2.45. The van der Waals surface area contributed by atoms with Crippen LogP contribution in [0.15, 0.2) is 18.2 Å². The molecule has 1 amide bonds. The van der Waals surface area contributed by atoms with Crippen molar-refractivity contribution >= 4 is 11.9 Å². The minimum Gasteiger partial charge on any atom is -0.497 e. The predicted octanol–water partition coefficient (Wildman–Crippen LogP) is 1.71. The molecule has 2 N–H and O–H groups in total. The van der Waals surface area contributed by atoms with Crippen molar-refractivity contribution in [3.63, 3.8) is 0 Å². The molecule has 20 heavy (non-hydrogen) atoms. The quantitative estimate of drug-likeness (QED) is 0.859. The maximum Gasteiger partial charge on any atom is 0.322 e. The zero-order valence-corrected chi connectivity index (χ0v) is 11.5. The highest BCUT2D eigenvalue weighted by Crippen LogP contribution is 2.35. The van der Waals surface area contributed by atoms with E-state index in [1.807, 2.05) is 18.2 Å². The molecule has 2 rings (SSSR count). The highest BCUT2D eigenvalue weighted by Gasteiger charge is 2.23. The lowest BCUT2D eigenvalue weighted by molar-refractivity contribution is -0.138. The number of hydrogen-bond acceptors (Lipinski definition) is 3. The summed E-state index contributed by atoms with van der Waals surface area (Å²) in [4.78, 5) is 22.2. The first-order valence-electron chi connectivity index (χ1n) is 6.75. The van der Waals surface area contributed by atoms with E-state index in [4.69, 9.17) is 9.84 Å². The Morgan fingerprint density at radius 3 is 2.95 bits per heavy atom. The number of carbonyl (C=O) groups excluding carboxylic acids is 1. The Hall–Kier alpha value is -2.04. The van der Waals surface area contributed by atoms with Crippen LogP contribution >= 0.6 is 0 Å². The summed E-state index contributed by atoms with van der Waals surface area (Å²) in [5, 5.41) is 11.0. The van der Waals surface area contributed by atoms with Gasteiger partial charge in [-0.05, 0) is 48.4 Å². The second-order valence-corrected chi connectivity index (χ2v) is 5.03. The van der Waals surface area contributed by atoms with Crippen LogP contribution in [0.1, 0.15) is 36.3 Å². The first-order chi connectivity index (χ1) is 9.60. The number of amides is 1. The molecule has 1 aromatic carbocycles. The number of fused-ring (bicyclic) bond motifs is 1. The van der Waals surface area contributed by atoms with Crippen LogP contribution < -0.4 is 10.1 Å². The van der Waals surface area contributed by atoms with Gasteiger partial charge in [0.05, 0.1) is 7.11 Å². The molecule has 0 aliphatic heterocycles. The van der Waals surface area contributed by atoms with E-state index in [1.165, 1.54) is 11.1 Å². The van der Waals surface area contributed by atoms with Crippen LogP contribution in [0.5, 0.6) is 5.75 Å². The minimum absolute atomic E-state index is 0.165. The largest absolute Gasteiger partial charge is 0.497 e. The van der Waals surface area contributed by atoms with Gasteiger partial charge in [-0.25, -0.2) is 0 Å². The normalized spacial score (nSPS) is 17.1. The first kappa shape index (κ1) is 14.4. The fourth-order valence-corrected chi connectivity index (χ4v) is 2.70. The van der Waals surface area contributed by atoms with E-state index in [-0.39, 0.29) is 18.4 Å². The highest BCUT2D eigenvalue weighted by molar-refractivity contribution is 5.81. The van der Waals surface area contributed by atoms with Gasteiger partial charge in [-0.1, -0.05) is 6.07 Å². The van der Waals surface area contributed by atoms with Gasteiger partial charge in [0.2, 0.25) is 5.91 Å². The van der Waals surface area contributed by atoms with Gasteiger partial charge in [0.15, 0.2) is 0 Å². The van der Waals surface area contributed by atoms with Crippen LogP contribution in [0.2, 0.25) is 0 Å². The van der Waals surface area contributed by atoms with E-state index in [0.29, 0.717) is 6.42 Å². The Kier molecular flexibility index (Phi) is 4.61. The molecule has 0 aromatic heterocycles. The van der Waals surface area contributed by atoms with Gasteiger partial charge in [-0.15, -0.1) is 0 Å². The fourth-order valence-electron chi connectivity index (χ4n) is 2.70. The van der Waals surface area contributed by atoms with Gasteiger partial charge < -0.3 is 15.2 Å². The summed E-state index contributed by atoms with van der Waals surface area (Å²) in [7, 11) is 1.64. The lowest BCUT2D eigenvalue weighted by Crippen LogP contribution is -2.30. The molecular weight excluding hydrogens is 258 g/mol. The third-order valence-electron chi connectivity index (χ3n) is 3.66. The van der Waals surface area contributed by atoms with Crippen LogP contribution in [0.3, 0.4) is 0 Å². The lowest BCUT2D eigenvalue weighted by Gasteiger charge is -2.25. The number of carboxylic acids is 1. The molecule has 0 fully saturated rings. The summed E-state index contributed by atoms with van der Waals surface area (Å²) >= 11 is 0. The molecule has 0 unspecified atom stereocenters. The second-order valence-electron chi connectivity index (χ2n) is 5.03. The molecule has 1 atom stereocenters. The molecule has 1 aliphatic rings. The fraction of sp³-hybridized carbons (Fsp3) is 0.467. The number of methoxy groups -OCH3 is 1. The molecular formula is C15H19NO4. The molecule has 5 nitrogen and oxygen atoms in total. The van der Waals surface area contributed by atoms with Gasteiger partial charge in [-0.2, -0.15) is 0 Å². The molecule has 0 radical (unpaired) electrons. The van der Waals surface area contributed by atoms with E-state index in [9.17, 15) is 9.59 Å². The van der Waals surface area contributed by atoms with E-state index in [1.54, 1.807) is 7.11 Å². The summed E-state index contributed by atoms with van der Waals surface area (Å²) in [5.74, 6) is -0.230. The van der Waals surface area contributed by atoms with Crippen molar-refractivity contribution in [1.29, 1.82) is 0 Å². The molecule has 0 saturated heterocycles. The third kappa shape index (κ3) is 3.50. The van der Waals surface area contributed by atoms with E-state index in [0.717, 1.165) is 25.0 Å². The van der Waals surface area contributed by atoms with Gasteiger partial charge in [0.25, 0.3) is 0 Å². The van der Waals surface area contributed by atoms with Gasteiger partial charge in [-0.3, -0.25) is 9.59 Å². The number of aliphatic carboxylic acids is 1. The van der Waals surface area contributed by atoms with Crippen molar-refractivity contribution in [3.05, 3.63) is 29.3 Å². The van der Waals surface area contributed by atoms with Gasteiger partial charge >= 0.3 is 5.97 Å². The summed E-state index contributed by atoms with van der Waals surface area (Å²) in [6.45, 7) is -0.318. The Balaban J connectivity index is 2.04. The Bertz CT molecular complexity index is 513. The summed E-state index contributed by atoms with van der Waals surface area (Å²) < 4.78 is 5.22. The number of rotatable bonds is 5. The van der Waals surface area contributed by atoms with Crippen LogP contribution in [0.25, 0.3) is 0 Å². The maximum atomic E-state index is 11.7. The van der Waals surface area contributed by atoms with E-state index >= 15 is 0 Å². The molecule has 0 saturated carbocycles. The SMILES string of the molecule is COc1ccc2c(c1)CCC[C@@H]2CC(=O)NCC(=O)O. The number of ether oxygens (including phenoxy) is 1. The van der Waals surface area contributed by atoms with Crippen molar-refractivity contribution in [1.82, 2.24) is 5.32 Å². The summed E-state index contributed by atoms with van der Waals surface area (Å²) in [6.07, 6.45) is 3.34. The number of aryl methyl sites for hydroxylation is 1. The van der Waals surface area contributed by atoms with Gasteiger partial charge in [0.1, 0.15) is 12.3 Å². The number of nitrogens with one attached hydrogen (secondary N) is 1. The first-order valence-corrected chi connectivity index (χ1v) is 6.75. The predicted molar refractivity (Wildman–Crippen MR) is 73.9 cm³/mol. The molecule has 1 aromatic rings. The lowest BCUT2D eigenvalue weighted by atomic mass is 9.81. The van der Waals surface area contributed by atoms with E-state index in [2.05, 4.69) is 5.32 Å². The molecule has 1 aliphatic carbocycles. The molecule has 0 heterocycles. The third-order valence-corrected chi connectivity index (χ3v) is 3.66. The Morgan fingerprint density at radius 1 is 1.45 bits per heavy atom. The average molecular weight is 277 g/mol. The number of benzene rings is 1. The van der Waals surface area contributed by atoms with Crippen molar-refractivity contribution in [2.45, 2.75) is 31.6 Å². The molecule has 0 bridgehead atoms. The Morgan fingerprint density at radius 2 is 2.25 bits per heavy atom. The van der Waals surface area contributed by atoms with Crippen molar-refractivity contribution in [3.8, 4) is 5.75 Å². The summed E-state index contributed by atoms with van der Waals surface area (Å²) in [5.41, 5.74) is 2.41. The number of carboxylic acid groups (broad SMARTS) is 1. The Labute approximate surface area is 117 Å². The van der Waals surface area contributed by atoms with Crippen LogP contribution in [-0.4, -0.2) is 30.6 Å².